The number of nitrogens with zero attached hydrogens (tertiary/aromatic N) is 1. The number of nitrogens with one attached hydrogen (secondary N) is 1. The van der Waals surface area contributed by atoms with Gasteiger partial charge in [-0.15, -0.1) is 6.58 Å². The van der Waals surface area contributed by atoms with Gasteiger partial charge in [0.25, 0.3) is 0 Å². The van der Waals surface area contributed by atoms with E-state index in [2.05, 4.69) is 16.9 Å². The van der Waals surface area contributed by atoms with Gasteiger partial charge in [0.2, 0.25) is 5.91 Å². The van der Waals surface area contributed by atoms with Crippen molar-refractivity contribution >= 4 is 17.0 Å². The number of oxazole rings is 1. The van der Waals surface area contributed by atoms with Crippen LogP contribution in [0.3, 0.4) is 0 Å². The summed E-state index contributed by atoms with van der Waals surface area (Å²) in [5.74, 6) is 0.605. The van der Waals surface area contributed by atoms with Gasteiger partial charge in [0.1, 0.15) is 5.52 Å². The van der Waals surface area contributed by atoms with Crippen molar-refractivity contribution in [2.45, 2.75) is 13.3 Å². The van der Waals surface area contributed by atoms with Gasteiger partial charge >= 0.3 is 0 Å². The summed E-state index contributed by atoms with van der Waals surface area (Å²) in [5, 5.41) is 2.73. The highest BCUT2D eigenvalue weighted by Gasteiger charge is 2.06. The molecule has 0 aliphatic carbocycles. The maximum absolute atomic E-state index is 11.5. The molecule has 88 valence electrons. The molecule has 0 atom stereocenters. The minimum atomic E-state index is -0.0273. The average molecular weight is 230 g/mol. The molecule has 0 aliphatic rings. The minimum absolute atomic E-state index is 0.0273. The summed E-state index contributed by atoms with van der Waals surface area (Å²) >= 11 is 0. The zero-order valence-electron chi connectivity index (χ0n) is 9.69. The van der Waals surface area contributed by atoms with Crippen LogP contribution >= 0.6 is 0 Å². The number of amides is 1. The lowest BCUT2D eigenvalue weighted by Crippen LogP contribution is -2.24. The van der Waals surface area contributed by atoms with Gasteiger partial charge < -0.3 is 9.73 Å². The second kappa shape index (κ2) is 4.82. The van der Waals surface area contributed by atoms with Crippen LogP contribution in [0.15, 0.2) is 35.3 Å². The molecule has 0 radical (unpaired) electrons. The Kier molecular flexibility index (Phi) is 3.23. The molecule has 1 aromatic carbocycles. The molecule has 1 N–H and O–H groups in total. The Labute approximate surface area is 99.3 Å². The van der Waals surface area contributed by atoms with Crippen molar-refractivity contribution in [2.24, 2.45) is 0 Å². The van der Waals surface area contributed by atoms with Crippen LogP contribution in [-0.4, -0.2) is 17.4 Å². The molecule has 1 amide bonds. The third kappa shape index (κ3) is 2.72. The lowest BCUT2D eigenvalue weighted by Gasteiger charge is -2.01. The van der Waals surface area contributed by atoms with Crippen LogP contribution in [0.25, 0.3) is 11.1 Å². The first-order valence-electron chi connectivity index (χ1n) is 5.42. The largest absolute Gasteiger partial charge is 0.441 e. The summed E-state index contributed by atoms with van der Waals surface area (Å²) in [4.78, 5) is 15.7. The molecule has 17 heavy (non-hydrogen) atoms. The van der Waals surface area contributed by atoms with Gasteiger partial charge in [-0.3, -0.25) is 4.79 Å². The number of carbonyl (C=O) groups excluding carboxylic acids is 1. The predicted molar refractivity (Wildman–Crippen MR) is 65.7 cm³/mol. The molecule has 0 unspecified atom stereocenters. The SMILES string of the molecule is C=CCNC(=O)Cc1ccc2nc(C)oc2c1. The van der Waals surface area contributed by atoms with Crippen LogP contribution in [0.4, 0.5) is 0 Å². The van der Waals surface area contributed by atoms with E-state index in [0.29, 0.717) is 18.9 Å². The summed E-state index contributed by atoms with van der Waals surface area (Å²) < 4.78 is 5.41. The molecule has 2 aromatic rings. The lowest BCUT2D eigenvalue weighted by atomic mass is 10.1. The van der Waals surface area contributed by atoms with E-state index in [1.54, 1.807) is 13.0 Å². The fraction of sp³-hybridized carbons (Fsp3) is 0.231. The van der Waals surface area contributed by atoms with Gasteiger partial charge in [-0.2, -0.15) is 0 Å². The monoisotopic (exact) mass is 230 g/mol. The molecular weight excluding hydrogens is 216 g/mol. The fourth-order valence-corrected chi connectivity index (χ4v) is 1.63. The number of hydrogen-bond donors (Lipinski definition) is 1. The van der Waals surface area contributed by atoms with Crippen molar-refractivity contribution < 1.29 is 9.21 Å². The Hall–Kier alpha value is -2.10. The molecule has 0 saturated heterocycles. The van der Waals surface area contributed by atoms with E-state index in [0.717, 1.165) is 16.7 Å². The molecular formula is C13H14N2O2. The van der Waals surface area contributed by atoms with E-state index in [1.807, 2.05) is 18.2 Å². The van der Waals surface area contributed by atoms with Crippen molar-refractivity contribution in [3.63, 3.8) is 0 Å². The fourth-order valence-electron chi connectivity index (χ4n) is 1.63. The smallest absolute Gasteiger partial charge is 0.224 e. The highest BCUT2D eigenvalue weighted by Crippen LogP contribution is 2.17. The normalized spacial score (nSPS) is 10.4. The Morgan fingerprint density at radius 3 is 3.18 bits per heavy atom. The summed E-state index contributed by atoms with van der Waals surface area (Å²) in [7, 11) is 0. The topological polar surface area (TPSA) is 55.1 Å². The standard InChI is InChI=1S/C13H14N2O2/c1-3-6-14-13(16)8-10-4-5-11-12(7-10)17-9(2)15-11/h3-5,7H,1,6,8H2,2H3,(H,14,16). The van der Waals surface area contributed by atoms with Gasteiger partial charge in [-0.05, 0) is 17.7 Å². The molecule has 2 rings (SSSR count). The third-order valence-corrected chi connectivity index (χ3v) is 2.37. The summed E-state index contributed by atoms with van der Waals surface area (Å²) in [5.41, 5.74) is 2.45. The number of fused-ring (bicyclic) bond motifs is 1. The third-order valence-electron chi connectivity index (χ3n) is 2.37. The first kappa shape index (κ1) is 11.4. The number of rotatable bonds is 4. The van der Waals surface area contributed by atoms with Crippen LogP contribution in [-0.2, 0) is 11.2 Å². The van der Waals surface area contributed by atoms with E-state index in [-0.39, 0.29) is 5.91 Å². The summed E-state index contributed by atoms with van der Waals surface area (Å²) in [6, 6.07) is 5.60. The molecule has 4 heteroatoms. The van der Waals surface area contributed by atoms with Crippen LogP contribution in [0.2, 0.25) is 0 Å². The molecule has 4 nitrogen and oxygen atoms in total. The summed E-state index contributed by atoms with van der Waals surface area (Å²) in [6.07, 6.45) is 1.99. The van der Waals surface area contributed by atoms with Crippen LogP contribution < -0.4 is 5.32 Å². The molecule has 0 bridgehead atoms. The van der Waals surface area contributed by atoms with Gasteiger partial charge in [0.05, 0.1) is 6.42 Å². The maximum atomic E-state index is 11.5. The first-order chi connectivity index (χ1) is 8.19. The molecule has 1 heterocycles. The van der Waals surface area contributed by atoms with E-state index in [4.69, 9.17) is 4.42 Å². The second-order valence-corrected chi connectivity index (χ2v) is 3.80. The lowest BCUT2D eigenvalue weighted by molar-refractivity contribution is -0.120. The van der Waals surface area contributed by atoms with Gasteiger partial charge in [0, 0.05) is 13.5 Å². The number of carbonyl (C=O) groups is 1. The van der Waals surface area contributed by atoms with Crippen LogP contribution in [0.1, 0.15) is 11.5 Å². The number of benzene rings is 1. The van der Waals surface area contributed by atoms with Gasteiger partial charge in [-0.25, -0.2) is 4.98 Å². The number of aryl methyl sites for hydroxylation is 1. The summed E-state index contributed by atoms with van der Waals surface area (Å²) in [6.45, 7) is 5.84. The van der Waals surface area contributed by atoms with Crippen molar-refractivity contribution in [3.05, 3.63) is 42.3 Å². The number of hydrogen-bond acceptors (Lipinski definition) is 3. The first-order valence-corrected chi connectivity index (χ1v) is 5.42. The Morgan fingerprint density at radius 1 is 1.59 bits per heavy atom. The van der Waals surface area contributed by atoms with Crippen LogP contribution in [0.5, 0.6) is 0 Å². The van der Waals surface area contributed by atoms with Crippen molar-refractivity contribution in [1.82, 2.24) is 10.3 Å². The molecule has 0 fully saturated rings. The van der Waals surface area contributed by atoms with Crippen molar-refractivity contribution in [1.29, 1.82) is 0 Å². The van der Waals surface area contributed by atoms with Crippen molar-refractivity contribution in [3.8, 4) is 0 Å². The highest BCUT2D eigenvalue weighted by molar-refractivity contribution is 5.81. The number of aromatic nitrogens is 1. The minimum Gasteiger partial charge on any atom is -0.441 e. The zero-order valence-corrected chi connectivity index (χ0v) is 9.69. The van der Waals surface area contributed by atoms with Crippen molar-refractivity contribution in [2.75, 3.05) is 6.54 Å². The van der Waals surface area contributed by atoms with E-state index < -0.39 is 0 Å². The molecule has 0 aliphatic heterocycles. The Bertz CT molecular complexity index is 558. The zero-order chi connectivity index (χ0) is 12.3. The van der Waals surface area contributed by atoms with E-state index in [9.17, 15) is 4.79 Å². The molecule has 0 saturated carbocycles. The van der Waals surface area contributed by atoms with E-state index in [1.165, 1.54) is 0 Å². The molecule has 1 aromatic heterocycles. The maximum Gasteiger partial charge on any atom is 0.224 e. The Morgan fingerprint density at radius 2 is 2.41 bits per heavy atom. The van der Waals surface area contributed by atoms with Crippen LogP contribution in [0, 0.1) is 6.92 Å². The van der Waals surface area contributed by atoms with E-state index >= 15 is 0 Å². The second-order valence-electron chi connectivity index (χ2n) is 3.80. The molecule has 0 spiro atoms. The highest BCUT2D eigenvalue weighted by atomic mass is 16.3. The van der Waals surface area contributed by atoms with Gasteiger partial charge in [-0.1, -0.05) is 12.1 Å². The van der Waals surface area contributed by atoms with Gasteiger partial charge in [0.15, 0.2) is 11.5 Å². The average Bonchev–Trinajstić information content (AvgIpc) is 2.65. The predicted octanol–water partition coefficient (Wildman–Crippen LogP) is 1.98. The Balaban J connectivity index is 2.13. The quantitative estimate of drug-likeness (QED) is 0.817.